The zero-order valence-corrected chi connectivity index (χ0v) is 17.3. The second kappa shape index (κ2) is 9.73. The van der Waals surface area contributed by atoms with Gasteiger partial charge in [0.2, 0.25) is 11.0 Å². The van der Waals surface area contributed by atoms with E-state index in [1.165, 1.54) is 34.2 Å². The number of thioether (sulfide) groups is 1. The van der Waals surface area contributed by atoms with Crippen LogP contribution in [0.3, 0.4) is 0 Å². The van der Waals surface area contributed by atoms with Crippen LogP contribution in [0.1, 0.15) is 50.7 Å². The molecular formula is C19H26N4OS2. The number of nitrogens with zero attached hydrogens (tertiary/aromatic N) is 2. The van der Waals surface area contributed by atoms with Crippen LogP contribution in [-0.2, 0) is 4.79 Å². The molecule has 26 heavy (non-hydrogen) atoms. The minimum Gasteiger partial charge on any atom is -0.357 e. The van der Waals surface area contributed by atoms with Crippen LogP contribution in [0.25, 0.3) is 0 Å². The number of amides is 1. The number of benzene rings is 1. The first-order valence-electron chi connectivity index (χ1n) is 8.66. The van der Waals surface area contributed by atoms with Crippen LogP contribution in [0.15, 0.2) is 35.2 Å². The lowest BCUT2D eigenvalue weighted by molar-refractivity contribution is -0.113. The fourth-order valence-corrected chi connectivity index (χ4v) is 4.06. The van der Waals surface area contributed by atoms with Gasteiger partial charge in [0.1, 0.15) is 0 Å². The van der Waals surface area contributed by atoms with Gasteiger partial charge in [-0.15, -0.1) is 16.8 Å². The third-order valence-corrected chi connectivity index (χ3v) is 5.78. The molecule has 0 fully saturated rings. The van der Waals surface area contributed by atoms with Crippen LogP contribution in [0.4, 0.5) is 10.8 Å². The van der Waals surface area contributed by atoms with E-state index in [2.05, 4.69) is 73.3 Å². The number of hydrogen-bond donors (Lipinski definition) is 2. The average Bonchev–Trinajstić information content (AvgIpc) is 3.05. The second-order valence-electron chi connectivity index (χ2n) is 6.50. The zero-order valence-electron chi connectivity index (χ0n) is 15.7. The highest BCUT2D eigenvalue weighted by Gasteiger charge is 2.16. The first-order chi connectivity index (χ1) is 12.4. The standard InChI is InChI=1S/C19H26N4OS2/c1-6-10-20-18-22-23-19(26-18)25-11-16(24)21-17-14(12(2)3)8-7-9-15(17)13(4)5/h6-9,12-13H,1,10-11H2,2-5H3,(H,20,22)(H,21,24). The molecule has 2 N–H and O–H groups in total. The number of rotatable bonds is 9. The Kier molecular flexibility index (Phi) is 7.66. The Morgan fingerprint density at radius 3 is 2.46 bits per heavy atom. The minimum absolute atomic E-state index is 0.0270. The summed E-state index contributed by atoms with van der Waals surface area (Å²) in [5, 5.41) is 15.1. The van der Waals surface area contributed by atoms with Gasteiger partial charge in [0.25, 0.3) is 0 Å². The molecule has 0 saturated carbocycles. The lowest BCUT2D eigenvalue weighted by atomic mass is 9.92. The van der Waals surface area contributed by atoms with Crippen LogP contribution >= 0.6 is 23.1 Å². The molecule has 5 nitrogen and oxygen atoms in total. The van der Waals surface area contributed by atoms with Crippen molar-refractivity contribution in [3.63, 3.8) is 0 Å². The molecule has 7 heteroatoms. The van der Waals surface area contributed by atoms with E-state index in [9.17, 15) is 4.79 Å². The fraction of sp³-hybridized carbons (Fsp3) is 0.421. The molecule has 1 aromatic carbocycles. The Labute approximate surface area is 163 Å². The first-order valence-corrected chi connectivity index (χ1v) is 10.5. The molecule has 2 aromatic rings. The van der Waals surface area contributed by atoms with Crippen LogP contribution in [0, 0.1) is 0 Å². The van der Waals surface area contributed by atoms with Crippen molar-refractivity contribution in [2.24, 2.45) is 0 Å². The van der Waals surface area contributed by atoms with Gasteiger partial charge < -0.3 is 10.6 Å². The summed E-state index contributed by atoms with van der Waals surface area (Å²) in [5.41, 5.74) is 3.29. The summed E-state index contributed by atoms with van der Waals surface area (Å²) in [6, 6.07) is 6.23. The van der Waals surface area contributed by atoms with Crippen molar-refractivity contribution in [3.8, 4) is 0 Å². The molecule has 0 aliphatic rings. The van der Waals surface area contributed by atoms with Gasteiger partial charge in [0, 0.05) is 12.2 Å². The van der Waals surface area contributed by atoms with E-state index in [0.29, 0.717) is 24.1 Å². The fourth-order valence-electron chi connectivity index (χ4n) is 2.50. The third-order valence-electron chi connectivity index (χ3n) is 3.77. The molecule has 0 bridgehead atoms. The Bertz CT molecular complexity index is 729. The van der Waals surface area contributed by atoms with E-state index in [4.69, 9.17) is 0 Å². The first kappa shape index (κ1) is 20.5. The van der Waals surface area contributed by atoms with Gasteiger partial charge in [-0.1, -0.05) is 75.1 Å². The van der Waals surface area contributed by atoms with Crippen molar-refractivity contribution in [2.45, 2.75) is 43.9 Å². The quantitative estimate of drug-likeness (QED) is 0.460. The number of carbonyl (C=O) groups excluding carboxylic acids is 1. The number of nitrogens with one attached hydrogen (secondary N) is 2. The molecule has 1 amide bonds. The summed E-state index contributed by atoms with van der Waals surface area (Å²) in [6.07, 6.45) is 1.76. The largest absolute Gasteiger partial charge is 0.357 e. The van der Waals surface area contributed by atoms with Gasteiger partial charge in [-0.25, -0.2) is 0 Å². The Morgan fingerprint density at radius 1 is 1.23 bits per heavy atom. The van der Waals surface area contributed by atoms with Crippen molar-refractivity contribution >= 4 is 39.8 Å². The van der Waals surface area contributed by atoms with Gasteiger partial charge in [-0.3, -0.25) is 4.79 Å². The highest BCUT2D eigenvalue weighted by Crippen LogP contribution is 2.33. The molecule has 0 aliphatic heterocycles. The van der Waals surface area contributed by atoms with Crippen molar-refractivity contribution in [1.29, 1.82) is 0 Å². The molecule has 0 saturated heterocycles. The predicted octanol–water partition coefficient (Wildman–Crippen LogP) is 5.11. The Hall–Kier alpha value is -1.86. The zero-order chi connectivity index (χ0) is 19.1. The summed E-state index contributed by atoms with van der Waals surface area (Å²) in [7, 11) is 0. The molecule has 0 radical (unpaired) electrons. The Balaban J connectivity index is 2.03. The highest BCUT2D eigenvalue weighted by molar-refractivity contribution is 8.01. The maximum atomic E-state index is 12.5. The summed E-state index contributed by atoms with van der Waals surface area (Å²) < 4.78 is 0.771. The molecule has 0 unspecified atom stereocenters. The van der Waals surface area contributed by atoms with Crippen molar-refractivity contribution in [3.05, 3.63) is 42.0 Å². The molecule has 0 aliphatic carbocycles. The van der Waals surface area contributed by atoms with Gasteiger partial charge in [0.05, 0.1) is 5.75 Å². The summed E-state index contributed by atoms with van der Waals surface area (Å²) in [6.45, 7) is 12.9. The molecule has 0 atom stereocenters. The van der Waals surface area contributed by atoms with Crippen molar-refractivity contribution < 1.29 is 4.79 Å². The number of para-hydroxylation sites is 1. The van der Waals surface area contributed by atoms with Crippen LogP contribution in [0.5, 0.6) is 0 Å². The van der Waals surface area contributed by atoms with E-state index in [1.807, 2.05) is 0 Å². The van der Waals surface area contributed by atoms with Gasteiger partial charge >= 0.3 is 0 Å². The minimum atomic E-state index is -0.0270. The third kappa shape index (κ3) is 5.57. The maximum Gasteiger partial charge on any atom is 0.234 e. The molecule has 1 heterocycles. The van der Waals surface area contributed by atoms with E-state index in [-0.39, 0.29) is 5.91 Å². The topological polar surface area (TPSA) is 66.9 Å². The average molecular weight is 391 g/mol. The molecule has 140 valence electrons. The SMILES string of the molecule is C=CCNc1nnc(SCC(=O)Nc2c(C(C)C)cccc2C(C)C)s1. The predicted molar refractivity (Wildman–Crippen MR) is 113 cm³/mol. The molecule has 2 rings (SSSR count). The lowest BCUT2D eigenvalue weighted by Gasteiger charge is -2.20. The van der Waals surface area contributed by atoms with Crippen molar-refractivity contribution in [2.75, 3.05) is 22.9 Å². The number of carbonyl (C=O) groups is 1. The Morgan fingerprint density at radius 2 is 1.88 bits per heavy atom. The summed E-state index contributed by atoms with van der Waals surface area (Å²) in [5.74, 6) is 0.970. The molecule has 0 spiro atoms. The number of aromatic nitrogens is 2. The number of hydrogen-bond acceptors (Lipinski definition) is 6. The van der Waals surface area contributed by atoms with Gasteiger partial charge in [0.15, 0.2) is 4.34 Å². The maximum absolute atomic E-state index is 12.5. The van der Waals surface area contributed by atoms with Crippen LogP contribution in [0.2, 0.25) is 0 Å². The monoisotopic (exact) mass is 390 g/mol. The van der Waals surface area contributed by atoms with E-state index in [0.717, 1.165) is 15.2 Å². The highest BCUT2D eigenvalue weighted by atomic mass is 32.2. The number of anilines is 2. The van der Waals surface area contributed by atoms with Crippen molar-refractivity contribution in [1.82, 2.24) is 10.2 Å². The smallest absolute Gasteiger partial charge is 0.234 e. The second-order valence-corrected chi connectivity index (χ2v) is 8.70. The summed E-state index contributed by atoms with van der Waals surface area (Å²) in [4.78, 5) is 12.5. The van der Waals surface area contributed by atoms with E-state index in [1.54, 1.807) is 6.08 Å². The van der Waals surface area contributed by atoms with Gasteiger partial charge in [-0.2, -0.15) is 0 Å². The van der Waals surface area contributed by atoms with E-state index >= 15 is 0 Å². The molecular weight excluding hydrogens is 364 g/mol. The lowest BCUT2D eigenvalue weighted by Crippen LogP contribution is -2.17. The summed E-state index contributed by atoms with van der Waals surface area (Å²) >= 11 is 2.84. The molecule has 1 aromatic heterocycles. The van der Waals surface area contributed by atoms with Gasteiger partial charge in [-0.05, 0) is 23.0 Å². The van der Waals surface area contributed by atoms with Crippen LogP contribution in [-0.4, -0.2) is 28.4 Å². The van der Waals surface area contributed by atoms with Crippen LogP contribution < -0.4 is 10.6 Å². The normalized spacial score (nSPS) is 11.0. The van der Waals surface area contributed by atoms with E-state index < -0.39 is 0 Å².